The molecule has 0 bridgehead atoms. The third kappa shape index (κ3) is 5.60. The summed E-state index contributed by atoms with van der Waals surface area (Å²) in [4.78, 5) is 44.4. The molecule has 2 aromatic heterocycles. The quantitative estimate of drug-likeness (QED) is 0.337. The summed E-state index contributed by atoms with van der Waals surface area (Å²) < 4.78 is 1.48. The summed E-state index contributed by atoms with van der Waals surface area (Å²) >= 11 is 6.40. The van der Waals surface area contributed by atoms with Gasteiger partial charge in [-0.3, -0.25) is 14.4 Å². The Morgan fingerprint density at radius 3 is 2.54 bits per heavy atom. The summed E-state index contributed by atoms with van der Waals surface area (Å²) in [6.45, 7) is 0.720. The number of hydrogen-bond donors (Lipinski definition) is 3. The first-order chi connectivity index (χ1) is 18.8. The van der Waals surface area contributed by atoms with E-state index in [4.69, 9.17) is 23.1 Å². The molecule has 3 heterocycles. The van der Waals surface area contributed by atoms with E-state index in [1.807, 2.05) is 18.2 Å². The van der Waals surface area contributed by atoms with Gasteiger partial charge in [-0.15, -0.1) is 0 Å². The minimum absolute atomic E-state index is 0.128. The lowest BCUT2D eigenvalue weighted by molar-refractivity contribution is -0.123. The number of nitrogens with one attached hydrogen (secondary N) is 1. The van der Waals surface area contributed by atoms with E-state index in [9.17, 15) is 14.4 Å². The van der Waals surface area contributed by atoms with Gasteiger partial charge in [0.1, 0.15) is 11.6 Å². The van der Waals surface area contributed by atoms with Crippen molar-refractivity contribution in [3.8, 4) is 16.9 Å². The van der Waals surface area contributed by atoms with Crippen LogP contribution < -0.4 is 16.8 Å². The second-order valence-corrected chi connectivity index (χ2v) is 9.66. The average molecular weight is 544 g/mol. The van der Waals surface area contributed by atoms with Crippen LogP contribution in [0.4, 0.5) is 11.6 Å². The molecular formula is C28H26ClN7O3. The fourth-order valence-corrected chi connectivity index (χ4v) is 4.75. The highest BCUT2D eigenvalue weighted by atomic mass is 35.5. The summed E-state index contributed by atoms with van der Waals surface area (Å²) in [5, 5.41) is 7.60. The van der Waals surface area contributed by atoms with Crippen molar-refractivity contribution in [3.05, 3.63) is 89.1 Å². The molecule has 1 aliphatic heterocycles. The molecule has 3 amide bonds. The number of nitrogens with zero attached hydrogens (tertiary/aromatic N) is 4. The molecule has 2 aromatic carbocycles. The van der Waals surface area contributed by atoms with Gasteiger partial charge in [-0.2, -0.15) is 5.10 Å². The fraction of sp³-hybridized carbons (Fsp3) is 0.179. The van der Waals surface area contributed by atoms with Crippen molar-refractivity contribution < 1.29 is 14.4 Å². The molecule has 0 spiro atoms. The number of likely N-dealkylation sites (tertiary alicyclic amines) is 1. The molecule has 1 unspecified atom stereocenters. The number of aromatic nitrogens is 3. The molecule has 10 nitrogen and oxygen atoms in total. The normalized spacial score (nSPS) is 15.1. The lowest BCUT2D eigenvalue weighted by Gasteiger charge is -2.30. The number of nitrogen functional groups attached to an aromatic ring is 1. The predicted molar refractivity (Wildman–Crippen MR) is 148 cm³/mol. The van der Waals surface area contributed by atoms with Crippen LogP contribution in [0.2, 0.25) is 5.02 Å². The highest BCUT2D eigenvalue weighted by Gasteiger charge is 2.29. The molecule has 1 fully saturated rings. The van der Waals surface area contributed by atoms with E-state index in [0.717, 1.165) is 0 Å². The molecule has 0 saturated carbocycles. The Morgan fingerprint density at radius 2 is 1.79 bits per heavy atom. The number of hydrogen-bond acceptors (Lipinski definition) is 6. The smallest absolute Gasteiger partial charge is 0.274 e. The van der Waals surface area contributed by atoms with E-state index < -0.39 is 17.7 Å². The Kier molecular flexibility index (Phi) is 7.29. The first kappa shape index (κ1) is 25.9. The van der Waals surface area contributed by atoms with Gasteiger partial charge in [0.15, 0.2) is 5.69 Å². The topological polar surface area (TPSA) is 149 Å². The predicted octanol–water partition coefficient (Wildman–Crippen LogP) is 3.76. The Labute approximate surface area is 229 Å². The third-order valence-electron chi connectivity index (χ3n) is 6.56. The monoisotopic (exact) mass is 543 g/mol. The molecule has 5 rings (SSSR count). The lowest BCUT2D eigenvalue weighted by Crippen LogP contribution is -2.44. The van der Waals surface area contributed by atoms with Crippen LogP contribution in [0.1, 0.15) is 33.7 Å². The SMILES string of the molecule is NC(=O)C1CCCN(C(=O)c2cc(NC(=O)c3cc(-c4cccc(N)n4)ccc3Cl)n(-c3ccccc3)n2)C1. The Morgan fingerprint density at radius 1 is 1.00 bits per heavy atom. The summed E-state index contributed by atoms with van der Waals surface area (Å²) in [5.41, 5.74) is 13.6. The van der Waals surface area contributed by atoms with Crippen LogP contribution in [0.25, 0.3) is 16.9 Å². The highest BCUT2D eigenvalue weighted by Crippen LogP contribution is 2.27. The first-order valence-electron chi connectivity index (χ1n) is 12.4. The van der Waals surface area contributed by atoms with Gasteiger partial charge in [-0.25, -0.2) is 9.67 Å². The molecule has 39 heavy (non-hydrogen) atoms. The lowest BCUT2D eigenvalue weighted by atomic mass is 9.97. The molecule has 1 atom stereocenters. The number of amides is 3. The van der Waals surface area contributed by atoms with Crippen molar-refractivity contribution in [2.24, 2.45) is 11.7 Å². The fourth-order valence-electron chi connectivity index (χ4n) is 4.55. The number of pyridine rings is 1. The first-order valence-corrected chi connectivity index (χ1v) is 12.8. The van der Waals surface area contributed by atoms with Crippen LogP contribution in [0.3, 0.4) is 0 Å². The van der Waals surface area contributed by atoms with E-state index in [2.05, 4.69) is 15.4 Å². The van der Waals surface area contributed by atoms with Gasteiger partial charge < -0.3 is 21.7 Å². The molecule has 4 aromatic rings. The van der Waals surface area contributed by atoms with Crippen LogP contribution in [0.5, 0.6) is 0 Å². The molecule has 198 valence electrons. The van der Waals surface area contributed by atoms with Gasteiger partial charge in [0.05, 0.1) is 27.9 Å². The molecule has 5 N–H and O–H groups in total. The maximum atomic E-state index is 13.4. The van der Waals surface area contributed by atoms with Gasteiger partial charge in [-0.05, 0) is 49.2 Å². The van der Waals surface area contributed by atoms with Gasteiger partial charge in [-0.1, -0.05) is 41.9 Å². The summed E-state index contributed by atoms with van der Waals surface area (Å²) in [6, 6.07) is 20.9. The molecule has 0 radical (unpaired) electrons. The number of nitrogens with two attached hydrogens (primary N) is 2. The van der Waals surface area contributed by atoms with Crippen LogP contribution in [-0.4, -0.2) is 50.5 Å². The molecule has 1 aliphatic rings. The number of halogens is 1. The average Bonchev–Trinajstić information content (AvgIpc) is 3.37. The van der Waals surface area contributed by atoms with E-state index in [0.29, 0.717) is 42.1 Å². The summed E-state index contributed by atoms with van der Waals surface area (Å²) in [6.07, 6.45) is 1.31. The van der Waals surface area contributed by atoms with E-state index in [1.165, 1.54) is 10.7 Å². The molecule has 0 aliphatic carbocycles. The van der Waals surface area contributed by atoms with E-state index in [1.54, 1.807) is 53.4 Å². The van der Waals surface area contributed by atoms with Crippen molar-refractivity contribution in [2.75, 3.05) is 24.1 Å². The minimum atomic E-state index is -0.492. The zero-order valence-corrected chi connectivity index (χ0v) is 21.6. The largest absolute Gasteiger partial charge is 0.384 e. The highest BCUT2D eigenvalue weighted by molar-refractivity contribution is 6.34. The summed E-state index contributed by atoms with van der Waals surface area (Å²) in [5.74, 6) is -1.04. The number of carbonyl (C=O) groups is 3. The van der Waals surface area contributed by atoms with E-state index >= 15 is 0 Å². The number of anilines is 2. The zero-order valence-electron chi connectivity index (χ0n) is 20.9. The molecule has 1 saturated heterocycles. The number of piperidine rings is 1. The minimum Gasteiger partial charge on any atom is -0.384 e. The maximum Gasteiger partial charge on any atom is 0.274 e. The van der Waals surface area contributed by atoms with Crippen LogP contribution in [0, 0.1) is 5.92 Å². The Bertz CT molecular complexity index is 1550. The van der Waals surface area contributed by atoms with Gasteiger partial charge >= 0.3 is 0 Å². The number of para-hydroxylation sites is 1. The van der Waals surface area contributed by atoms with Crippen molar-refractivity contribution in [1.82, 2.24) is 19.7 Å². The number of carbonyl (C=O) groups excluding carboxylic acids is 3. The van der Waals surface area contributed by atoms with Crippen LogP contribution in [0.15, 0.2) is 72.8 Å². The second kappa shape index (κ2) is 11.0. The van der Waals surface area contributed by atoms with Gasteiger partial charge in [0, 0.05) is 24.7 Å². The number of primary amides is 1. The van der Waals surface area contributed by atoms with Crippen molar-refractivity contribution in [3.63, 3.8) is 0 Å². The third-order valence-corrected chi connectivity index (χ3v) is 6.89. The van der Waals surface area contributed by atoms with Crippen molar-refractivity contribution in [1.29, 1.82) is 0 Å². The van der Waals surface area contributed by atoms with Gasteiger partial charge in [0.2, 0.25) is 5.91 Å². The van der Waals surface area contributed by atoms with Crippen LogP contribution >= 0.6 is 11.6 Å². The van der Waals surface area contributed by atoms with Gasteiger partial charge in [0.25, 0.3) is 11.8 Å². The standard InChI is InChI=1S/C28H26ClN7O3/c29-21-12-11-17(22-9-4-10-24(30)32-22)14-20(21)27(38)33-25-15-23(34-36(25)19-7-2-1-3-8-19)28(39)35-13-5-6-18(16-35)26(31)37/h1-4,7-12,14-15,18H,5-6,13,16H2,(H2,30,32)(H2,31,37)(H,33,38). The number of rotatable bonds is 6. The Hall–Kier alpha value is -4.70. The Balaban J connectivity index is 1.47. The number of benzene rings is 2. The van der Waals surface area contributed by atoms with Crippen molar-refractivity contribution >= 4 is 41.0 Å². The molecule has 11 heteroatoms. The summed E-state index contributed by atoms with van der Waals surface area (Å²) in [7, 11) is 0. The van der Waals surface area contributed by atoms with Crippen LogP contribution in [-0.2, 0) is 4.79 Å². The zero-order chi connectivity index (χ0) is 27.5. The van der Waals surface area contributed by atoms with E-state index in [-0.39, 0.29) is 34.5 Å². The second-order valence-electron chi connectivity index (χ2n) is 9.25. The maximum absolute atomic E-state index is 13.4. The molecular weight excluding hydrogens is 518 g/mol. The van der Waals surface area contributed by atoms with Crippen molar-refractivity contribution in [2.45, 2.75) is 12.8 Å².